The zero-order valence-electron chi connectivity index (χ0n) is 17.3. The highest BCUT2D eigenvalue weighted by atomic mass is 32.1. The highest BCUT2D eigenvalue weighted by molar-refractivity contribution is 7.20. The highest BCUT2D eigenvalue weighted by Gasteiger charge is 2.18. The standard InChI is InChI=1S/C22H24N4O3S/c1-4-25-18-11-14(2)30-21(18)17-12-24-26(22(28)20(17)25)13-19(27)23-10-9-15-5-7-16(29-3)8-6-15/h5-8,11-12H,4,9-10,13H2,1-3H3,(H,23,27). The molecule has 0 aliphatic rings. The molecule has 0 bridgehead atoms. The van der Waals surface area contributed by atoms with Crippen molar-refractivity contribution in [3.05, 3.63) is 57.3 Å². The fraction of sp³-hybridized carbons (Fsp3) is 0.318. The number of fused-ring (bicyclic) bond motifs is 3. The fourth-order valence-corrected chi connectivity index (χ4v) is 4.72. The number of benzene rings is 1. The van der Waals surface area contributed by atoms with Crippen LogP contribution >= 0.6 is 11.3 Å². The number of methoxy groups -OCH3 is 1. The second-order valence-corrected chi connectivity index (χ2v) is 8.39. The summed E-state index contributed by atoms with van der Waals surface area (Å²) in [6, 6.07) is 9.82. The quantitative estimate of drug-likeness (QED) is 0.495. The molecule has 4 rings (SSSR count). The van der Waals surface area contributed by atoms with E-state index in [1.807, 2.05) is 35.8 Å². The summed E-state index contributed by atoms with van der Waals surface area (Å²) in [6.45, 7) is 5.15. The number of carbonyl (C=O) groups is 1. The van der Waals surface area contributed by atoms with Crippen molar-refractivity contribution in [2.24, 2.45) is 0 Å². The van der Waals surface area contributed by atoms with E-state index in [2.05, 4.69) is 23.4 Å². The van der Waals surface area contributed by atoms with Crippen LogP contribution in [0.5, 0.6) is 5.75 Å². The number of aromatic nitrogens is 3. The maximum atomic E-state index is 13.0. The molecule has 156 valence electrons. The SMILES string of the molecule is CCn1c2cc(C)sc2c2cnn(CC(=O)NCCc3ccc(OC)cc3)c(=O)c21. The number of aryl methyl sites for hydroxylation is 2. The van der Waals surface area contributed by atoms with Gasteiger partial charge in [-0.05, 0) is 44.0 Å². The lowest BCUT2D eigenvalue weighted by molar-refractivity contribution is -0.121. The van der Waals surface area contributed by atoms with Crippen molar-refractivity contribution in [1.29, 1.82) is 0 Å². The molecule has 4 aromatic rings. The summed E-state index contributed by atoms with van der Waals surface area (Å²) in [4.78, 5) is 26.6. The maximum Gasteiger partial charge on any atom is 0.291 e. The molecule has 0 spiro atoms. The first kappa shape index (κ1) is 20.2. The van der Waals surface area contributed by atoms with Crippen molar-refractivity contribution < 1.29 is 9.53 Å². The fourth-order valence-electron chi connectivity index (χ4n) is 3.69. The first-order valence-electron chi connectivity index (χ1n) is 9.90. The number of hydrogen-bond acceptors (Lipinski definition) is 5. The number of ether oxygens (including phenoxy) is 1. The van der Waals surface area contributed by atoms with Crippen molar-refractivity contribution in [1.82, 2.24) is 19.7 Å². The third-order valence-corrected chi connectivity index (χ3v) is 6.24. The second-order valence-electron chi connectivity index (χ2n) is 7.13. The molecule has 8 heteroatoms. The first-order valence-corrected chi connectivity index (χ1v) is 10.7. The van der Waals surface area contributed by atoms with Crippen molar-refractivity contribution in [3.8, 4) is 5.75 Å². The Morgan fingerprint density at radius 3 is 2.73 bits per heavy atom. The van der Waals surface area contributed by atoms with Gasteiger partial charge in [-0.2, -0.15) is 5.10 Å². The molecule has 1 N–H and O–H groups in total. The topological polar surface area (TPSA) is 78.2 Å². The summed E-state index contributed by atoms with van der Waals surface area (Å²) in [5.74, 6) is 0.570. The number of hydrogen-bond donors (Lipinski definition) is 1. The van der Waals surface area contributed by atoms with Gasteiger partial charge in [0.2, 0.25) is 5.91 Å². The summed E-state index contributed by atoms with van der Waals surface area (Å²) in [6.07, 6.45) is 2.40. The first-order chi connectivity index (χ1) is 14.5. The van der Waals surface area contributed by atoms with E-state index in [4.69, 9.17) is 4.74 Å². The molecule has 0 fully saturated rings. The zero-order valence-corrected chi connectivity index (χ0v) is 18.1. The molecule has 3 aromatic heterocycles. The number of nitrogens with one attached hydrogen (secondary N) is 1. The highest BCUT2D eigenvalue weighted by Crippen LogP contribution is 2.33. The predicted octanol–water partition coefficient (Wildman–Crippen LogP) is 3.11. The lowest BCUT2D eigenvalue weighted by Gasteiger charge is -2.08. The van der Waals surface area contributed by atoms with Crippen molar-refractivity contribution >= 4 is 38.4 Å². The van der Waals surface area contributed by atoms with Crippen molar-refractivity contribution in [2.45, 2.75) is 33.4 Å². The number of nitrogens with zero attached hydrogens (tertiary/aromatic N) is 3. The lowest BCUT2D eigenvalue weighted by Crippen LogP contribution is -2.35. The van der Waals surface area contributed by atoms with Crippen LogP contribution in [0, 0.1) is 6.92 Å². The number of rotatable bonds is 7. The number of carbonyl (C=O) groups excluding carboxylic acids is 1. The minimum Gasteiger partial charge on any atom is -0.497 e. The summed E-state index contributed by atoms with van der Waals surface area (Å²) in [5, 5.41) is 7.98. The molecule has 0 aliphatic heterocycles. The monoisotopic (exact) mass is 424 g/mol. The third-order valence-electron chi connectivity index (χ3n) is 5.16. The lowest BCUT2D eigenvalue weighted by atomic mass is 10.1. The van der Waals surface area contributed by atoms with Gasteiger partial charge in [0.1, 0.15) is 17.8 Å². The van der Waals surface area contributed by atoms with Gasteiger partial charge in [0, 0.05) is 23.4 Å². The third kappa shape index (κ3) is 3.70. The van der Waals surface area contributed by atoms with Crippen LogP contribution < -0.4 is 15.6 Å². The van der Waals surface area contributed by atoms with Gasteiger partial charge in [-0.3, -0.25) is 9.59 Å². The van der Waals surface area contributed by atoms with Crippen LogP contribution in [0.4, 0.5) is 0 Å². The van der Waals surface area contributed by atoms with E-state index in [1.165, 1.54) is 9.56 Å². The van der Waals surface area contributed by atoms with Gasteiger partial charge in [0.25, 0.3) is 5.56 Å². The molecule has 1 aromatic carbocycles. The molecule has 7 nitrogen and oxygen atoms in total. The summed E-state index contributed by atoms with van der Waals surface area (Å²) >= 11 is 1.66. The molecule has 1 amide bonds. The second kappa shape index (κ2) is 8.31. The minimum atomic E-state index is -0.235. The van der Waals surface area contributed by atoms with Crippen LogP contribution in [-0.4, -0.2) is 33.9 Å². The Kier molecular flexibility index (Phi) is 5.59. The molecule has 0 unspecified atom stereocenters. The van der Waals surface area contributed by atoms with Gasteiger partial charge in [-0.15, -0.1) is 11.3 Å². The van der Waals surface area contributed by atoms with E-state index in [0.717, 1.165) is 26.9 Å². The average molecular weight is 425 g/mol. The van der Waals surface area contributed by atoms with Crippen LogP contribution in [0.15, 0.2) is 41.3 Å². The van der Waals surface area contributed by atoms with Crippen LogP contribution in [0.1, 0.15) is 17.4 Å². The van der Waals surface area contributed by atoms with E-state index in [0.29, 0.717) is 25.0 Å². The Balaban J connectivity index is 1.48. The van der Waals surface area contributed by atoms with E-state index in [1.54, 1.807) is 24.6 Å². The molecule has 3 heterocycles. The van der Waals surface area contributed by atoms with E-state index in [9.17, 15) is 9.59 Å². The van der Waals surface area contributed by atoms with Crippen molar-refractivity contribution in [3.63, 3.8) is 0 Å². The molecular weight excluding hydrogens is 400 g/mol. The van der Waals surface area contributed by atoms with Crippen LogP contribution in [0.2, 0.25) is 0 Å². The molecule has 30 heavy (non-hydrogen) atoms. The zero-order chi connectivity index (χ0) is 21.3. The number of amides is 1. The molecular formula is C22H24N4O3S. The number of thiophene rings is 1. The van der Waals surface area contributed by atoms with Gasteiger partial charge in [0.05, 0.1) is 23.5 Å². The normalized spacial score (nSPS) is 11.3. The molecule has 0 aliphatic carbocycles. The molecule has 0 saturated carbocycles. The van der Waals surface area contributed by atoms with Gasteiger partial charge in [-0.1, -0.05) is 12.1 Å². The summed E-state index contributed by atoms with van der Waals surface area (Å²) < 4.78 is 9.47. The smallest absolute Gasteiger partial charge is 0.291 e. The van der Waals surface area contributed by atoms with Gasteiger partial charge < -0.3 is 14.6 Å². The van der Waals surface area contributed by atoms with Gasteiger partial charge in [0.15, 0.2) is 0 Å². The van der Waals surface area contributed by atoms with Gasteiger partial charge >= 0.3 is 0 Å². The summed E-state index contributed by atoms with van der Waals surface area (Å²) in [7, 11) is 1.63. The Morgan fingerprint density at radius 1 is 1.27 bits per heavy atom. The Labute approximate surface area is 177 Å². The van der Waals surface area contributed by atoms with Crippen LogP contribution in [0.25, 0.3) is 21.1 Å². The van der Waals surface area contributed by atoms with E-state index in [-0.39, 0.29) is 18.0 Å². The predicted molar refractivity (Wildman–Crippen MR) is 119 cm³/mol. The molecule has 0 saturated heterocycles. The van der Waals surface area contributed by atoms with Crippen molar-refractivity contribution in [2.75, 3.05) is 13.7 Å². The van der Waals surface area contributed by atoms with Crippen LogP contribution in [-0.2, 0) is 24.3 Å². The Morgan fingerprint density at radius 2 is 2.03 bits per heavy atom. The van der Waals surface area contributed by atoms with E-state index < -0.39 is 0 Å². The van der Waals surface area contributed by atoms with Crippen LogP contribution in [0.3, 0.4) is 0 Å². The summed E-state index contributed by atoms with van der Waals surface area (Å²) in [5.41, 5.74) is 2.53. The Hall–Kier alpha value is -3.13. The Bertz CT molecular complexity index is 1270. The molecule has 0 atom stereocenters. The average Bonchev–Trinajstić information content (AvgIpc) is 3.25. The minimum absolute atomic E-state index is 0.0983. The van der Waals surface area contributed by atoms with E-state index >= 15 is 0 Å². The van der Waals surface area contributed by atoms with Gasteiger partial charge in [-0.25, -0.2) is 4.68 Å². The molecule has 0 radical (unpaired) electrons. The maximum absolute atomic E-state index is 13.0. The largest absolute Gasteiger partial charge is 0.497 e.